The molecule has 12 aromatic rings. The maximum atomic E-state index is 6.50. The van der Waals surface area contributed by atoms with Crippen LogP contribution in [0.2, 0.25) is 0 Å². The van der Waals surface area contributed by atoms with Crippen LogP contribution in [0.1, 0.15) is 0 Å². The summed E-state index contributed by atoms with van der Waals surface area (Å²) in [5, 5.41) is 13.4. The molecule has 4 aromatic heterocycles. The Bertz CT molecular complexity index is 3390. The van der Waals surface area contributed by atoms with Gasteiger partial charge >= 0.3 is 0 Å². The van der Waals surface area contributed by atoms with E-state index in [1.807, 2.05) is 11.3 Å². The molecule has 50 heavy (non-hydrogen) atoms. The third-order valence-corrected chi connectivity index (χ3v) is 12.6. The first-order valence-corrected chi connectivity index (χ1v) is 18.4. The zero-order chi connectivity index (χ0) is 32.5. The lowest BCUT2D eigenvalue weighted by molar-refractivity contribution is 0.669. The molecule has 0 bridgehead atoms. The van der Waals surface area contributed by atoms with E-state index >= 15 is 0 Å². The van der Waals surface area contributed by atoms with Gasteiger partial charge in [0.05, 0.1) is 21.3 Å². The Hall–Kier alpha value is -6.01. The van der Waals surface area contributed by atoms with Crippen LogP contribution < -0.4 is 0 Å². The summed E-state index contributed by atoms with van der Waals surface area (Å²) in [6.07, 6.45) is 0. The molecule has 3 nitrogen and oxygen atoms in total. The van der Waals surface area contributed by atoms with Gasteiger partial charge in [0.25, 0.3) is 0 Å². The second-order valence-electron chi connectivity index (χ2n) is 13.1. The molecular weight excluding hydrogens is 649 g/mol. The average Bonchev–Trinajstić information content (AvgIpc) is 3.93. The highest BCUT2D eigenvalue weighted by Crippen LogP contribution is 2.46. The number of furan rings is 1. The van der Waals surface area contributed by atoms with Crippen molar-refractivity contribution in [2.75, 3.05) is 0 Å². The van der Waals surface area contributed by atoms with Crippen LogP contribution in [-0.2, 0) is 0 Å². The van der Waals surface area contributed by atoms with Crippen LogP contribution in [0.15, 0.2) is 150 Å². The summed E-state index contributed by atoms with van der Waals surface area (Å²) in [7, 11) is 0. The number of nitrogens with zero attached hydrogens (tertiary/aromatic N) is 2. The van der Waals surface area contributed by atoms with Crippen LogP contribution in [-0.4, -0.2) is 9.55 Å². The fraction of sp³-hybridized carbons (Fsp3) is 0. The van der Waals surface area contributed by atoms with E-state index < -0.39 is 0 Å². The van der Waals surface area contributed by atoms with E-state index in [0.29, 0.717) is 0 Å². The number of thiophene rings is 1. The number of aromatic nitrogens is 2. The van der Waals surface area contributed by atoms with Crippen molar-refractivity contribution in [3.8, 4) is 16.3 Å². The van der Waals surface area contributed by atoms with Crippen molar-refractivity contribution in [1.82, 2.24) is 9.55 Å². The van der Waals surface area contributed by atoms with E-state index in [1.54, 1.807) is 11.3 Å². The maximum absolute atomic E-state index is 6.50. The van der Waals surface area contributed by atoms with Crippen molar-refractivity contribution in [3.63, 3.8) is 0 Å². The summed E-state index contributed by atoms with van der Waals surface area (Å²) >= 11 is 3.61. The minimum absolute atomic E-state index is 0.886. The second-order valence-corrected chi connectivity index (χ2v) is 15.1. The van der Waals surface area contributed by atoms with Gasteiger partial charge in [0.2, 0.25) is 0 Å². The number of fused-ring (bicyclic) bond motifs is 15. The Morgan fingerprint density at radius 1 is 0.480 bits per heavy atom. The quantitative estimate of drug-likeness (QED) is 0.171. The number of hydrogen-bond donors (Lipinski definition) is 0. The van der Waals surface area contributed by atoms with Gasteiger partial charge in [-0.2, -0.15) is 0 Å². The van der Waals surface area contributed by atoms with Crippen LogP contribution in [0, 0.1) is 0 Å². The number of rotatable bonds is 2. The molecule has 0 spiro atoms. The van der Waals surface area contributed by atoms with Gasteiger partial charge < -0.3 is 4.42 Å². The third kappa shape index (κ3) is 3.55. The predicted molar refractivity (Wildman–Crippen MR) is 215 cm³/mol. The molecule has 232 valence electrons. The molecule has 0 aliphatic carbocycles. The zero-order valence-corrected chi connectivity index (χ0v) is 28.1. The fourth-order valence-corrected chi connectivity index (χ4v) is 10.5. The standard InChI is InChI=1S/C45H24N2OS2/c1-2-10-27-25(9-1)23-32(29-12-4-3-11-28(27)29)26-17-20-37-33(24-26)42-38(48-37)21-18-34-44(42)50-45(46-34)47-35-15-7-5-13-30(35)41-36(47)19-22-40-43(41)31-14-6-8-16-39(31)49-40/h1-24H. The Labute approximate surface area is 292 Å². The summed E-state index contributed by atoms with van der Waals surface area (Å²) in [6.45, 7) is 0. The van der Waals surface area contributed by atoms with E-state index in [4.69, 9.17) is 9.40 Å². The minimum atomic E-state index is 0.886. The number of hydrogen-bond acceptors (Lipinski definition) is 4. The molecule has 4 heterocycles. The Kier molecular flexibility index (Phi) is 5.26. The number of benzene rings is 8. The van der Waals surface area contributed by atoms with Crippen molar-refractivity contribution in [1.29, 1.82) is 0 Å². The van der Waals surface area contributed by atoms with Gasteiger partial charge in [0, 0.05) is 41.7 Å². The van der Waals surface area contributed by atoms with E-state index in [0.717, 1.165) is 37.3 Å². The molecule has 0 atom stereocenters. The molecule has 8 aromatic carbocycles. The average molecular weight is 673 g/mol. The molecule has 0 aliphatic heterocycles. The van der Waals surface area contributed by atoms with E-state index in [9.17, 15) is 0 Å². The predicted octanol–water partition coefficient (Wildman–Crippen LogP) is 13.6. The van der Waals surface area contributed by atoms with Gasteiger partial charge in [-0.3, -0.25) is 4.57 Å². The third-order valence-electron chi connectivity index (χ3n) is 10.4. The SMILES string of the molecule is c1ccc2c(c1)cc(-c1ccc3oc4ccc5nc(-n6c7ccccc7c7c8c(ccc76)sc6ccccc68)sc5c4c3c1)c1ccccc12. The van der Waals surface area contributed by atoms with Crippen LogP contribution in [0.25, 0.3) is 112 Å². The van der Waals surface area contributed by atoms with Gasteiger partial charge in [0.1, 0.15) is 11.2 Å². The van der Waals surface area contributed by atoms with E-state index in [2.05, 4.69) is 150 Å². The van der Waals surface area contributed by atoms with Crippen molar-refractivity contribution < 1.29 is 4.42 Å². The molecule has 0 radical (unpaired) electrons. The molecule has 0 fully saturated rings. The first-order valence-electron chi connectivity index (χ1n) is 16.8. The summed E-state index contributed by atoms with van der Waals surface area (Å²) in [5.74, 6) is 0. The van der Waals surface area contributed by atoms with Crippen molar-refractivity contribution >= 4 is 118 Å². The lowest BCUT2D eigenvalue weighted by Gasteiger charge is -2.11. The highest BCUT2D eigenvalue weighted by Gasteiger charge is 2.21. The van der Waals surface area contributed by atoms with Crippen LogP contribution in [0.4, 0.5) is 0 Å². The molecule has 5 heteroatoms. The fourth-order valence-electron chi connectivity index (χ4n) is 8.27. The highest BCUT2D eigenvalue weighted by atomic mass is 32.1. The van der Waals surface area contributed by atoms with Crippen LogP contribution in [0.3, 0.4) is 0 Å². The van der Waals surface area contributed by atoms with Gasteiger partial charge in [-0.25, -0.2) is 4.98 Å². The lowest BCUT2D eigenvalue weighted by Crippen LogP contribution is -1.92. The Morgan fingerprint density at radius 3 is 2.16 bits per heavy atom. The number of thiazole rings is 1. The highest BCUT2D eigenvalue weighted by molar-refractivity contribution is 7.26. The van der Waals surface area contributed by atoms with E-state index in [1.165, 1.54) is 74.6 Å². The summed E-state index contributed by atoms with van der Waals surface area (Å²) < 4.78 is 12.6. The largest absolute Gasteiger partial charge is 0.456 e. The van der Waals surface area contributed by atoms with Gasteiger partial charge in [-0.1, -0.05) is 102 Å². The normalized spacial score (nSPS) is 12.4. The monoisotopic (exact) mass is 672 g/mol. The van der Waals surface area contributed by atoms with Gasteiger partial charge in [-0.15, -0.1) is 11.3 Å². The Balaban J connectivity index is 1.13. The smallest absolute Gasteiger partial charge is 0.195 e. The number of para-hydroxylation sites is 1. The molecule has 0 amide bonds. The van der Waals surface area contributed by atoms with Crippen LogP contribution in [0.5, 0.6) is 0 Å². The van der Waals surface area contributed by atoms with Crippen molar-refractivity contribution in [3.05, 3.63) is 146 Å². The van der Waals surface area contributed by atoms with Crippen molar-refractivity contribution in [2.24, 2.45) is 0 Å². The summed E-state index contributed by atoms with van der Waals surface area (Å²) in [5.41, 5.74) is 7.51. The Morgan fingerprint density at radius 2 is 1.24 bits per heavy atom. The maximum Gasteiger partial charge on any atom is 0.195 e. The van der Waals surface area contributed by atoms with Crippen molar-refractivity contribution in [2.45, 2.75) is 0 Å². The lowest BCUT2D eigenvalue weighted by atomic mass is 9.93. The topological polar surface area (TPSA) is 31.0 Å². The van der Waals surface area contributed by atoms with Gasteiger partial charge in [-0.05, 0) is 87.3 Å². The molecule has 0 saturated carbocycles. The first-order chi connectivity index (χ1) is 24.8. The van der Waals surface area contributed by atoms with Gasteiger partial charge in [0.15, 0.2) is 5.13 Å². The minimum Gasteiger partial charge on any atom is -0.456 e. The zero-order valence-electron chi connectivity index (χ0n) is 26.5. The molecule has 0 saturated heterocycles. The summed E-state index contributed by atoms with van der Waals surface area (Å²) in [6, 6.07) is 52.7. The molecule has 0 aliphatic rings. The van der Waals surface area contributed by atoms with E-state index in [-0.39, 0.29) is 0 Å². The summed E-state index contributed by atoms with van der Waals surface area (Å²) in [4.78, 5) is 5.32. The molecular formula is C45H24N2OS2. The van der Waals surface area contributed by atoms with Crippen LogP contribution >= 0.6 is 22.7 Å². The molecule has 12 rings (SSSR count). The first kappa shape index (κ1) is 26.9. The second kappa shape index (κ2) is 9.79. The molecule has 0 N–H and O–H groups in total. The molecule has 0 unspecified atom stereocenters.